The minimum Gasteiger partial charge on any atom is -0.457 e. The van der Waals surface area contributed by atoms with E-state index in [0.29, 0.717) is 0 Å². The number of amides is 2. The Labute approximate surface area is 181 Å². The van der Waals surface area contributed by atoms with Crippen LogP contribution in [0.5, 0.6) is 0 Å². The highest BCUT2D eigenvalue weighted by atomic mass is 16.8. The van der Waals surface area contributed by atoms with Crippen molar-refractivity contribution in [3.05, 3.63) is 48.0 Å². The number of hydrogen-bond donors (Lipinski definition) is 0. The van der Waals surface area contributed by atoms with Crippen LogP contribution in [0.15, 0.2) is 36.9 Å². The zero-order valence-corrected chi connectivity index (χ0v) is 17.5. The van der Waals surface area contributed by atoms with E-state index >= 15 is 0 Å². The molecule has 3 aliphatic rings. The van der Waals surface area contributed by atoms with Crippen LogP contribution in [0.2, 0.25) is 0 Å². The van der Waals surface area contributed by atoms with E-state index in [2.05, 4.69) is 6.58 Å². The van der Waals surface area contributed by atoms with Crippen molar-refractivity contribution in [3.63, 3.8) is 0 Å². The number of carbonyl (C=O) groups is 3. The normalized spacial score (nSPS) is 34.5. The SMILES string of the molecule is [2H][C@@H]1OC(C)(C)O[C@H]2[C@H](OC(C)=O)[C@@H](N3C(=O)c4ccccc4C3=O)[C@H](OCC=C)O[C@@H]21. The van der Waals surface area contributed by atoms with Gasteiger partial charge in [0.15, 0.2) is 18.2 Å². The average molecular weight is 432 g/mol. The molecule has 3 aliphatic heterocycles. The summed E-state index contributed by atoms with van der Waals surface area (Å²) in [5.74, 6) is -2.95. The standard InChI is InChI=1S/C22H25NO8/c1-5-10-27-21-16(23-19(25)13-8-6-7-9-14(13)20(23)26)18(29-12(2)24)17-15(30-21)11-28-22(3,4)31-17/h5-9,15-18,21H,1,10-11H2,2-4H3/t15-,16-,17-,18-,21-/m1/s1/i11D/t11-,15+,16+,17+,18+,21+/m0. The molecule has 0 saturated carbocycles. The summed E-state index contributed by atoms with van der Waals surface area (Å²) in [5.41, 5.74) is 0.463. The lowest BCUT2D eigenvalue weighted by Gasteiger charge is -2.51. The molecule has 2 amide bonds. The molecular formula is C22H25NO8. The van der Waals surface area contributed by atoms with E-state index in [-0.39, 0.29) is 17.7 Å². The Morgan fingerprint density at radius 3 is 2.55 bits per heavy atom. The van der Waals surface area contributed by atoms with E-state index < -0.39 is 60.8 Å². The second-order valence-electron chi connectivity index (χ2n) is 7.92. The Bertz CT molecular complexity index is 915. The lowest BCUT2D eigenvalue weighted by atomic mass is 9.93. The molecule has 31 heavy (non-hydrogen) atoms. The Balaban J connectivity index is 1.79. The van der Waals surface area contributed by atoms with E-state index in [4.69, 9.17) is 25.1 Å². The van der Waals surface area contributed by atoms with Crippen LogP contribution >= 0.6 is 0 Å². The molecule has 2 saturated heterocycles. The molecule has 0 N–H and O–H groups in total. The maximum atomic E-state index is 13.2. The van der Waals surface area contributed by atoms with Crippen molar-refractivity contribution >= 4 is 17.8 Å². The Kier molecular flexibility index (Phi) is 5.35. The molecule has 4 rings (SSSR count). The highest BCUT2D eigenvalue weighted by Crippen LogP contribution is 2.38. The fourth-order valence-corrected chi connectivity index (χ4v) is 4.06. The molecule has 0 unspecified atom stereocenters. The lowest BCUT2D eigenvalue weighted by Crippen LogP contribution is -2.70. The van der Waals surface area contributed by atoms with E-state index in [1.807, 2.05) is 0 Å². The number of ether oxygens (including phenoxy) is 5. The topological polar surface area (TPSA) is 101 Å². The van der Waals surface area contributed by atoms with Crippen molar-refractivity contribution in [3.8, 4) is 0 Å². The Morgan fingerprint density at radius 1 is 1.32 bits per heavy atom. The van der Waals surface area contributed by atoms with Gasteiger partial charge in [-0.15, -0.1) is 6.58 Å². The Hall–Kier alpha value is -2.59. The van der Waals surface area contributed by atoms with Crippen LogP contribution in [0.1, 0.15) is 42.9 Å². The minimum atomic E-state index is -1.21. The summed E-state index contributed by atoms with van der Waals surface area (Å²) in [6, 6.07) is 5.26. The summed E-state index contributed by atoms with van der Waals surface area (Å²) in [6.07, 6.45) is -2.86. The molecule has 9 heteroatoms. The Morgan fingerprint density at radius 2 is 1.97 bits per heavy atom. The molecular weight excluding hydrogens is 406 g/mol. The molecule has 0 spiro atoms. The molecule has 0 bridgehead atoms. The first-order valence-electron chi connectivity index (χ1n) is 10.5. The van der Waals surface area contributed by atoms with Crippen LogP contribution in [0, 0.1) is 0 Å². The van der Waals surface area contributed by atoms with E-state index in [0.717, 1.165) is 4.90 Å². The van der Waals surface area contributed by atoms with Gasteiger partial charge in [0.1, 0.15) is 18.2 Å². The van der Waals surface area contributed by atoms with Crippen LogP contribution in [-0.2, 0) is 28.5 Å². The van der Waals surface area contributed by atoms with E-state index in [1.165, 1.54) is 13.0 Å². The van der Waals surface area contributed by atoms with Crippen molar-refractivity contribution in [2.75, 3.05) is 13.2 Å². The van der Waals surface area contributed by atoms with Gasteiger partial charge in [-0.25, -0.2) is 0 Å². The molecule has 0 radical (unpaired) electrons. The monoisotopic (exact) mass is 432 g/mol. The van der Waals surface area contributed by atoms with Gasteiger partial charge in [0.2, 0.25) is 0 Å². The highest BCUT2D eigenvalue weighted by molar-refractivity contribution is 6.21. The summed E-state index contributed by atoms with van der Waals surface area (Å²) in [5, 5.41) is 0. The van der Waals surface area contributed by atoms with Gasteiger partial charge in [0.05, 0.1) is 25.7 Å². The van der Waals surface area contributed by atoms with Crippen molar-refractivity contribution in [1.29, 1.82) is 0 Å². The number of benzene rings is 1. The summed E-state index contributed by atoms with van der Waals surface area (Å²) in [7, 11) is 0. The first-order valence-corrected chi connectivity index (χ1v) is 9.94. The van der Waals surface area contributed by atoms with Gasteiger partial charge in [-0.05, 0) is 26.0 Å². The molecule has 0 aliphatic carbocycles. The number of rotatable bonds is 5. The predicted octanol–water partition coefficient (Wildman–Crippen LogP) is 1.66. The van der Waals surface area contributed by atoms with Gasteiger partial charge in [0, 0.05) is 6.92 Å². The van der Waals surface area contributed by atoms with Crippen LogP contribution in [0.3, 0.4) is 0 Å². The predicted molar refractivity (Wildman–Crippen MR) is 106 cm³/mol. The smallest absolute Gasteiger partial charge is 0.303 e. The summed E-state index contributed by atoms with van der Waals surface area (Å²) < 4.78 is 37.2. The zero-order chi connectivity index (χ0) is 23.2. The zero-order valence-electron chi connectivity index (χ0n) is 18.5. The molecule has 3 heterocycles. The molecule has 166 valence electrons. The van der Waals surface area contributed by atoms with Crippen molar-refractivity contribution < 1.29 is 39.4 Å². The number of imide groups is 1. The van der Waals surface area contributed by atoms with E-state index in [1.54, 1.807) is 38.1 Å². The maximum Gasteiger partial charge on any atom is 0.303 e. The number of nitrogens with zero attached hydrogens (tertiary/aromatic N) is 1. The maximum absolute atomic E-state index is 13.2. The van der Waals surface area contributed by atoms with Crippen molar-refractivity contribution in [1.82, 2.24) is 4.90 Å². The molecule has 1 aromatic rings. The molecule has 1 aromatic carbocycles. The van der Waals surface area contributed by atoms with E-state index in [9.17, 15) is 14.4 Å². The molecule has 9 nitrogen and oxygen atoms in total. The highest BCUT2D eigenvalue weighted by Gasteiger charge is 2.58. The second kappa shape index (κ2) is 8.16. The van der Waals surface area contributed by atoms with Gasteiger partial charge >= 0.3 is 5.97 Å². The fraction of sp³-hybridized carbons (Fsp3) is 0.500. The first kappa shape index (κ1) is 20.3. The lowest BCUT2D eigenvalue weighted by molar-refractivity contribution is -0.372. The van der Waals surface area contributed by atoms with Gasteiger partial charge in [-0.2, -0.15) is 0 Å². The van der Waals surface area contributed by atoms with Crippen LogP contribution in [0.4, 0.5) is 0 Å². The first-order chi connectivity index (χ1) is 15.1. The van der Waals surface area contributed by atoms with Crippen LogP contribution < -0.4 is 0 Å². The minimum absolute atomic E-state index is 0.0321. The third kappa shape index (κ3) is 3.89. The number of carbonyl (C=O) groups excluding carboxylic acids is 3. The summed E-state index contributed by atoms with van der Waals surface area (Å²) >= 11 is 0. The third-order valence-corrected chi connectivity index (χ3v) is 5.26. The molecule has 2 fully saturated rings. The van der Waals surface area contributed by atoms with Crippen LogP contribution in [-0.4, -0.2) is 72.3 Å². The molecule has 6 atom stereocenters. The molecule has 0 aromatic heterocycles. The van der Waals surface area contributed by atoms with Gasteiger partial charge in [-0.1, -0.05) is 18.2 Å². The largest absolute Gasteiger partial charge is 0.457 e. The summed E-state index contributed by atoms with van der Waals surface area (Å²) in [6.45, 7) is 6.91. The summed E-state index contributed by atoms with van der Waals surface area (Å²) in [4.78, 5) is 39.5. The number of fused-ring (bicyclic) bond motifs is 2. The fourth-order valence-electron chi connectivity index (χ4n) is 4.06. The third-order valence-electron chi connectivity index (χ3n) is 5.26. The average Bonchev–Trinajstić information content (AvgIpc) is 2.97. The van der Waals surface area contributed by atoms with Crippen molar-refractivity contribution in [2.45, 2.75) is 57.2 Å². The quantitative estimate of drug-likeness (QED) is 0.393. The van der Waals surface area contributed by atoms with Gasteiger partial charge in [-0.3, -0.25) is 19.3 Å². The van der Waals surface area contributed by atoms with Crippen LogP contribution in [0.25, 0.3) is 0 Å². The second-order valence-corrected chi connectivity index (χ2v) is 7.92. The van der Waals surface area contributed by atoms with Gasteiger partial charge in [0.25, 0.3) is 11.8 Å². The number of esters is 1. The number of hydrogen-bond acceptors (Lipinski definition) is 8. The van der Waals surface area contributed by atoms with Gasteiger partial charge < -0.3 is 23.7 Å². The van der Waals surface area contributed by atoms with Crippen molar-refractivity contribution in [2.24, 2.45) is 0 Å².